The molecule has 25 heavy (non-hydrogen) atoms. The summed E-state index contributed by atoms with van der Waals surface area (Å²) in [6, 6.07) is 10.9. The van der Waals surface area contributed by atoms with Gasteiger partial charge in [0.2, 0.25) is 0 Å². The van der Waals surface area contributed by atoms with E-state index in [1.165, 1.54) is 0 Å². The Hall–Kier alpha value is -2.40. The minimum absolute atomic E-state index is 0.00407. The minimum Gasteiger partial charge on any atom is -0.489 e. The summed E-state index contributed by atoms with van der Waals surface area (Å²) in [6.07, 6.45) is 5.50. The first-order chi connectivity index (χ1) is 12.2. The fraction of sp³-hybridized carbons (Fsp3) is 0.400. The molecule has 2 heterocycles. The smallest absolute Gasteiger partial charge is 0.254 e. The quantitative estimate of drug-likeness (QED) is 0.909. The first-order valence-corrected chi connectivity index (χ1v) is 8.72. The Morgan fingerprint density at radius 3 is 3.00 bits per heavy atom. The average Bonchev–Trinajstić information content (AvgIpc) is 2.66. The van der Waals surface area contributed by atoms with Crippen LogP contribution in [0, 0.1) is 5.92 Å². The van der Waals surface area contributed by atoms with Crippen LogP contribution >= 0.6 is 0 Å². The van der Waals surface area contributed by atoms with Crippen LogP contribution in [0.3, 0.4) is 0 Å². The molecule has 0 aliphatic carbocycles. The topological polar surface area (TPSA) is 62.7 Å². The largest absolute Gasteiger partial charge is 0.489 e. The highest BCUT2D eigenvalue weighted by Gasteiger charge is 2.31. The molecule has 1 aliphatic rings. The third kappa shape index (κ3) is 4.17. The molecule has 1 aromatic carbocycles. The van der Waals surface area contributed by atoms with E-state index >= 15 is 0 Å². The maximum Gasteiger partial charge on any atom is 0.254 e. The summed E-state index contributed by atoms with van der Waals surface area (Å²) in [5, 5.41) is 9.67. The van der Waals surface area contributed by atoms with E-state index in [2.05, 4.69) is 11.9 Å². The number of aliphatic hydroxyl groups is 1. The maximum absolute atomic E-state index is 12.9. The van der Waals surface area contributed by atoms with Crippen molar-refractivity contribution in [3.05, 3.63) is 59.9 Å². The minimum atomic E-state index is -0.110. The lowest BCUT2D eigenvalue weighted by Crippen LogP contribution is -2.49. The summed E-state index contributed by atoms with van der Waals surface area (Å²) in [7, 11) is 0. The van der Waals surface area contributed by atoms with E-state index in [1.807, 2.05) is 24.3 Å². The van der Waals surface area contributed by atoms with Crippen molar-refractivity contribution in [2.75, 3.05) is 13.2 Å². The molecule has 1 fully saturated rings. The van der Waals surface area contributed by atoms with Gasteiger partial charge < -0.3 is 14.7 Å². The van der Waals surface area contributed by atoms with Gasteiger partial charge in [0, 0.05) is 30.1 Å². The van der Waals surface area contributed by atoms with Gasteiger partial charge in [-0.1, -0.05) is 19.1 Å². The second kappa shape index (κ2) is 8.12. The van der Waals surface area contributed by atoms with Crippen LogP contribution in [0.5, 0.6) is 5.75 Å². The summed E-state index contributed by atoms with van der Waals surface area (Å²) < 4.78 is 5.78. The van der Waals surface area contributed by atoms with Crippen LogP contribution in [0.4, 0.5) is 0 Å². The van der Waals surface area contributed by atoms with Crippen LogP contribution in [0.2, 0.25) is 0 Å². The number of aromatic nitrogens is 1. The van der Waals surface area contributed by atoms with Gasteiger partial charge >= 0.3 is 0 Å². The zero-order chi connectivity index (χ0) is 17.6. The van der Waals surface area contributed by atoms with E-state index in [1.54, 1.807) is 29.4 Å². The van der Waals surface area contributed by atoms with Crippen LogP contribution in [-0.2, 0) is 6.61 Å². The predicted octanol–water partition coefficient (Wildman–Crippen LogP) is 2.89. The van der Waals surface area contributed by atoms with Crippen LogP contribution in [0.25, 0.3) is 0 Å². The van der Waals surface area contributed by atoms with E-state index < -0.39 is 0 Å². The number of hydrogen-bond acceptors (Lipinski definition) is 4. The number of hydrogen-bond donors (Lipinski definition) is 1. The normalized spacial score (nSPS) is 20.3. The molecular formula is C20H24N2O3. The molecule has 0 radical (unpaired) electrons. The molecule has 0 spiro atoms. The standard InChI is InChI=1S/C20H24N2O3/c1-15-5-4-10-22(19(15)13-23)20(24)17-7-2-8-18(11-17)25-14-16-6-3-9-21-12-16/h2-3,6-9,11-12,15,19,23H,4-5,10,13-14H2,1H3. The lowest BCUT2D eigenvalue weighted by Gasteiger charge is -2.39. The van der Waals surface area contributed by atoms with Gasteiger partial charge in [0.15, 0.2) is 0 Å². The van der Waals surface area contributed by atoms with Crippen molar-refractivity contribution < 1.29 is 14.6 Å². The molecule has 5 nitrogen and oxygen atoms in total. The van der Waals surface area contributed by atoms with Crippen molar-refractivity contribution in [2.24, 2.45) is 5.92 Å². The number of pyridine rings is 1. The maximum atomic E-state index is 12.9. The van der Waals surface area contributed by atoms with Gasteiger partial charge in [-0.2, -0.15) is 0 Å². The van der Waals surface area contributed by atoms with Crippen molar-refractivity contribution >= 4 is 5.91 Å². The van der Waals surface area contributed by atoms with Gasteiger partial charge in [-0.3, -0.25) is 9.78 Å². The first-order valence-electron chi connectivity index (χ1n) is 8.72. The van der Waals surface area contributed by atoms with Gasteiger partial charge in [-0.05, 0) is 43.0 Å². The Morgan fingerprint density at radius 2 is 2.24 bits per heavy atom. The summed E-state index contributed by atoms with van der Waals surface area (Å²) >= 11 is 0. The molecule has 2 atom stereocenters. The number of amides is 1. The highest BCUT2D eigenvalue weighted by molar-refractivity contribution is 5.95. The second-order valence-electron chi connectivity index (χ2n) is 6.55. The number of nitrogens with zero attached hydrogens (tertiary/aromatic N) is 2. The number of carbonyl (C=O) groups is 1. The van der Waals surface area contributed by atoms with Crippen LogP contribution < -0.4 is 4.74 Å². The van der Waals surface area contributed by atoms with Gasteiger partial charge in [0.25, 0.3) is 5.91 Å². The van der Waals surface area contributed by atoms with E-state index in [0.29, 0.717) is 30.4 Å². The Balaban J connectivity index is 1.71. The predicted molar refractivity (Wildman–Crippen MR) is 95.3 cm³/mol. The first kappa shape index (κ1) is 17.4. The molecule has 132 valence electrons. The molecule has 2 aromatic rings. The molecule has 0 saturated carbocycles. The third-order valence-corrected chi connectivity index (χ3v) is 4.77. The highest BCUT2D eigenvalue weighted by atomic mass is 16.5. The molecule has 1 N–H and O–H groups in total. The Morgan fingerprint density at radius 1 is 1.36 bits per heavy atom. The molecule has 5 heteroatoms. The fourth-order valence-electron chi connectivity index (χ4n) is 3.31. The second-order valence-corrected chi connectivity index (χ2v) is 6.55. The summed E-state index contributed by atoms with van der Waals surface area (Å²) in [5.74, 6) is 0.922. The van der Waals surface area contributed by atoms with Crippen LogP contribution in [0.15, 0.2) is 48.8 Å². The summed E-state index contributed by atoms with van der Waals surface area (Å²) in [5.41, 5.74) is 1.57. The van der Waals surface area contributed by atoms with E-state index in [4.69, 9.17) is 4.74 Å². The van der Waals surface area contributed by atoms with Crippen molar-refractivity contribution in [2.45, 2.75) is 32.4 Å². The molecule has 1 aromatic heterocycles. The molecule has 1 amide bonds. The lowest BCUT2D eigenvalue weighted by molar-refractivity contribution is 0.0358. The van der Waals surface area contributed by atoms with Crippen LogP contribution in [-0.4, -0.2) is 40.1 Å². The Bertz CT molecular complexity index is 705. The summed E-state index contributed by atoms with van der Waals surface area (Å²) in [6.45, 7) is 3.19. The Labute approximate surface area is 148 Å². The monoisotopic (exact) mass is 340 g/mol. The van der Waals surface area contributed by atoms with Crippen molar-refractivity contribution in [1.29, 1.82) is 0 Å². The van der Waals surface area contributed by atoms with Gasteiger partial charge in [-0.15, -0.1) is 0 Å². The van der Waals surface area contributed by atoms with Gasteiger partial charge in [-0.25, -0.2) is 0 Å². The van der Waals surface area contributed by atoms with E-state index in [0.717, 1.165) is 18.4 Å². The average molecular weight is 340 g/mol. The number of likely N-dealkylation sites (tertiary alicyclic amines) is 1. The molecule has 2 unspecified atom stereocenters. The zero-order valence-electron chi connectivity index (χ0n) is 14.5. The number of ether oxygens (including phenoxy) is 1. The SMILES string of the molecule is CC1CCCN(C(=O)c2cccc(OCc3cccnc3)c2)C1CO. The highest BCUT2D eigenvalue weighted by Crippen LogP contribution is 2.25. The number of aliphatic hydroxyl groups excluding tert-OH is 1. The van der Waals surface area contributed by atoms with Crippen molar-refractivity contribution in [3.8, 4) is 5.75 Å². The van der Waals surface area contributed by atoms with Crippen molar-refractivity contribution in [1.82, 2.24) is 9.88 Å². The van der Waals surface area contributed by atoms with Gasteiger partial charge in [0.05, 0.1) is 12.6 Å². The number of carbonyl (C=O) groups excluding carboxylic acids is 1. The third-order valence-electron chi connectivity index (χ3n) is 4.77. The number of benzene rings is 1. The number of rotatable bonds is 5. The molecular weight excluding hydrogens is 316 g/mol. The molecule has 1 aliphatic heterocycles. The van der Waals surface area contributed by atoms with Gasteiger partial charge in [0.1, 0.15) is 12.4 Å². The molecule has 0 bridgehead atoms. The van der Waals surface area contributed by atoms with Crippen LogP contribution in [0.1, 0.15) is 35.7 Å². The van der Waals surface area contributed by atoms with E-state index in [9.17, 15) is 9.90 Å². The lowest BCUT2D eigenvalue weighted by atomic mass is 9.90. The van der Waals surface area contributed by atoms with Crippen molar-refractivity contribution in [3.63, 3.8) is 0 Å². The van der Waals surface area contributed by atoms with E-state index in [-0.39, 0.29) is 18.6 Å². The summed E-state index contributed by atoms with van der Waals surface area (Å²) in [4.78, 5) is 18.8. The molecule has 1 saturated heterocycles. The molecule has 3 rings (SSSR count). The fourth-order valence-corrected chi connectivity index (χ4v) is 3.31. The Kier molecular flexibility index (Phi) is 5.66. The number of piperidine rings is 1. The zero-order valence-corrected chi connectivity index (χ0v) is 14.5.